The zero-order valence-corrected chi connectivity index (χ0v) is 31.3. The van der Waals surface area contributed by atoms with Gasteiger partial charge in [-0.2, -0.15) is 0 Å². The van der Waals surface area contributed by atoms with Gasteiger partial charge in [-0.05, 0) is 44.8 Å². The maximum Gasteiger partial charge on any atom is 0.194 e. The van der Waals surface area contributed by atoms with E-state index in [4.69, 9.17) is 4.98 Å². The predicted molar refractivity (Wildman–Crippen MR) is 201 cm³/mol. The summed E-state index contributed by atoms with van der Waals surface area (Å²) in [5.74, 6) is -0.00782. The second-order valence-corrected chi connectivity index (χ2v) is 14.1. The Hall–Kier alpha value is -5.02. The molecule has 4 heteroatoms. The van der Waals surface area contributed by atoms with Gasteiger partial charge in [0.1, 0.15) is 0 Å². The van der Waals surface area contributed by atoms with Gasteiger partial charge in [0, 0.05) is 37.4 Å². The number of ketones is 1. The minimum atomic E-state index is -0.00782. The van der Waals surface area contributed by atoms with Gasteiger partial charge in [-0.15, -0.1) is 65.2 Å². The minimum absolute atomic E-state index is 0. The first-order chi connectivity index (χ1) is 23.6. The minimum Gasteiger partial charge on any atom is -0.304 e. The largest absolute Gasteiger partial charge is 0.304 e. The molecule has 1 aliphatic carbocycles. The molecule has 0 atom stereocenters. The monoisotopic (exact) mass is 827 g/mol. The van der Waals surface area contributed by atoms with E-state index in [0.717, 1.165) is 28.0 Å². The van der Waals surface area contributed by atoms with Crippen LogP contribution in [0.25, 0.3) is 44.5 Å². The van der Waals surface area contributed by atoms with Crippen LogP contribution in [-0.4, -0.2) is 15.8 Å². The van der Waals surface area contributed by atoms with Crippen molar-refractivity contribution in [3.63, 3.8) is 0 Å². The van der Waals surface area contributed by atoms with Crippen LogP contribution < -0.4 is 0 Å². The van der Waals surface area contributed by atoms with Crippen molar-refractivity contribution in [1.82, 2.24) is 9.97 Å². The molecule has 0 amide bonds. The summed E-state index contributed by atoms with van der Waals surface area (Å²) in [5.41, 5.74) is 12.8. The Balaban J connectivity index is 0.000000170. The van der Waals surface area contributed by atoms with Crippen molar-refractivity contribution in [2.45, 2.75) is 45.4 Å². The fourth-order valence-electron chi connectivity index (χ4n) is 6.53. The van der Waals surface area contributed by atoms with Gasteiger partial charge in [0.15, 0.2) is 5.78 Å². The summed E-state index contributed by atoms with van der Waals surface area (Å²) in [7, 11) is 0. The molecule has 0 aliphatic heterocycles. The summed E-state index contributed by atoms with van der Waals surface area (Å²) in [6.07, 6.45) is 1.64. The molecule has 3 nitrogen and oxygen atoms in total. The Morgan fingerprint density at radius 3 is 2.08 bits per heavy atom. The fourth-order valence-corrected chi connectivity index (χ4v) is 6.53. The molecular formula is C46H38IrN2O-2. The quantitative estimate of drug-likeness (QED) is 0.131. The topological polar surface area (TPSA) is 42.9 Å². The summed E-state index contributed by atoms with van der Waals surface area (Å²) in [6.45, 7) is 11.1. The van der Waals surface area contributed by atoms with Gasteiger partial charge in [0.2, 0.25) is 0 Å². The molecule has 0 spiro atoms. The maximum atomic E-state index is 12.6. The van der Waals surface area contributed by atoms with Gasteiger partial charge in [0.25, 0.3) is 0 Å². The Morgan fingerprint density at radius 1 is 0.660 bits per heavy atom. The molecule has 0 bridgehead atoms. The van der Waals surface area contributed by atoms with Gasteiger partial charge < -0.3 is 4.98 Å². The van der Waals surface area contributed by atoms with E-state index in [-0.39, 0.29) is 36.7 Å². The number of aromatic nitrogens is 2. The van der Waals surface area contributed by atoms with Crippen LogP contribution in [0.3, 0.4) is 0 Å². The van der Waals surface area contributed by atoms with E-state index < -0.39 is 0 Å². The number of fused-ring (bicyclic) bond motifs is 4. The van der Waals surface area contributed by atoms with E-state index in [2.05, 4.69) is 112 Å². The van der Waals surface area contributed by atoms with Gasteiger partial charge >= 0.3 is 0 Å². The van der Waals surface area contributed by atoms with Crippen LogP contribution in [0, 0.1) is 12.1 Å². The zero-order chi connectivity index (χ0) is 34.2. The molecule has 8 rings (SSSR count). The van der Waals surface area contributed by atoms with E-state index in [9.17, 15) is 4.79 Å². The third-order valence-electron chi connectivity index (χ3n) is 9.41. The zero-order valence-electron chi connectivity index (χ0n) is 28.9. The predicted octanol–water partition coefficient (Wildman–Crippen LogP) is 11.1. The average molecular weight is 827 g/mol. The van der Waals surface area contributed by atoms with Gasteiger partial charge in [-0.1, -0.05) is 137 Å². The second kappa shape index (κ2) is 14.1. The number of hydrogen-bond acceptors (Lipinski definition) is 3. The van der Waals surface area contributed by atoms with Crippen LogP contribution in [0.4, 0.5) is 0 Å². The van der Waals surface area contributed by atoms with Gasteiger partial charge in [-0.25, -0.2) is 0 Å². The van der Waals surface area contributed by atoms with Crippen LogP contribution in [0.15, 0.2) is 140 Å². The molecule has 0 fully saturated rings. The number of nitrogens with zero attached hydrogens (tertiary/aromatic N) is 2. The Kier molecular flexibility index (Phi) is 9.80. The summed E-state index contributed by atoms with van der Waals surface area (Å²) in [6, 6.07) is 51.4. The summed E-state index contributed by atoms with van der Waals surface area (Å²) >= 11 is 0. The summed E-state index contributed by atoms with van der Waals surface area (Å²) in [5, 5.41) is 1.17. The van der Waals surface area contributed by atoms with Crippen LogP contribution in [0.2, 0.25) is 0 Å². The van der Waals surface area contributed by atoms with Crippen molar-refractivity contribution in [3.8, 4) is 33.6 Å². The molecule has 1 aliphatic rings. The van der Waals surface area contributed by atoms with Crippen molar-refractivity contribution < 1.29 is 24.9 Å². The van der Waals surface area contributed by atoms with Crippen molar-refractivity contribution in [2.24, 2.45) is 0 Å². The molecule has 50 heavy (non-hydrogen) atoms. The van der Waals surface area contributed by atoms with Crippen LogP contribution in [0.5, 0.6) is 0 Å². The van der Waals surface area contributed by atoms with E-state index >= 15 is 0 Å². The summed E-state index contributed by atoms with van der Waals surface area (Å²) < 4.78 is 0. The van der Waals surface area contributed by atoms with E-state index in [1.807, 2.05) is 72.8 Å². The molecule has 2 aromatic heterocycles. The molecule has 0 unspecified atom stereocenters. The number of carbonyl (C=O) groups is 1. The standard InChI is InChI=1S/C24H18N.C22H20NO.Ir/c1-24(2)20-9-5-4-8-18(20)19-13-11-17(15-21(19)24)23-14-12-16-7-3-6-10-22(16)25-23;1-22(2,3)19-12-9-17(10-13-19)21(24)18-11-14-20(23-15-18)16-7-5-4-6-8-16;/h3-10,12-15H,1-2H3;4-7,9-15H,1-3H3;/q2*-1;. The number of rotatable bonds is 4. The molecule has 5 aromatic carbocycles. The molecule has 0 saturated carbocycles. The van der Waals surface area contributed by atoms with Crippen LogP contribution >= 0.6 is 0 Å². The number of hydrogen-bond donors (Lipinski definition) is 0. The smallest absolute Gasteiger partial charge is 0.194 e. The van der Waals surface area contributed by atoms with Crippen molar-refractivity contribution in [3.05, 3.63) is 180 Å². The summed E-state index contributed by atoms with van der Waals surface area (Å²) in [4.78, 5) is 21.8. The first-order valence-corrected chi connectivity index (χ1v) is 16.7. The Labute approximate surface area is 308 Å². The maximum absolute atomic E-state index is 12.6. The van der Waals surface area contributed by atoms with Crippen molar-refractivity contribution in [2.75, 3.05) is 0 Å². The third kappa shape index (κ3) is 6.87. The number of carbonyl (C=O) groups excluding carboxylic acids is 1. The molecule has 0 saturated heterocycles. The van der Waals surface area contributed by atoms with Crippen molar-refractivity contribution in [1.29, 1.82) is 0 Å². The van der Waals surface area contributed by atoms with Gasteiger partial charge in [0.05, 0.1) is 5.52 Å². The first-order valence-electron chi connectivity index (χ1n) is 16.7. The Morgan fingerprint density at radius 2 is 1.36 bits per heavy atom. The molecule has 2 heterocycles. The van der Waals surface area contributed by atoms with E-state index in [1.165, 1.54) is 33.2 Å². The normalized spacial score (nSPS) is 12.6. The molecule has 7 aromatic rings. The van der Waals surface area contributed by atoms with Crippen LogP contribution in [-0.2, 0) is 30.9 Å². The van der Waals surface area contributed by atoms with Gasteiger partial charge in [-0.3, -0.25) is 9.78 Å². The number of para-hydroxylation sites is 1. The molecule has 249 valence electrons. The van der Waals surface area contributed by atoms with E-state index in [1.54, 1.807) is 6.20 Å². The fraction of sp³-hybridized carbons (Fsp3) is 0.152. The van der Waals surface area contributed by atoms with Crippen molar-refractivity contribution >= 4 is 16.7 Å². The molecular weight excluding hydrogens is 789 g/mol. The first kappa shape index (κ1) is 34.8. The second-order valence-electron chi connectivity index (χ2n) is 14.1. The van der Waals surface area contributed by atoms with E-state index in [0.29, 0.717) is 11.1 Å². The average Bonchev–Trinajstić information content (AvgIpc) is 3.37. The number of benzene rings is 5. The molecule has 1 radical (unpaired) electrons. The van der Waals surface area contributed by atoms with Crippen LogP contribution in [0.1, 0.15) is 67.2 Å². The number of pyridine rings is 2. The Bertz CT molecular complexity index is 2280. The third-order valence-corrected chi connectivity index (χ3v) is 9.41. The SMILES string of the molecule is CC(C)(C)c1ccc(C(=O)c2ccc(-c3[c-]cccc3)nc2)cc1.CC1(C)c2ccccc2-c2c[c-]c(-c3ccc4ccccc4n3)cc21.[Ir]. The molecule has 0 N–H and O–H groups in total.